The molecule has 2 aromatic heterocycles. The molecule has 0 radical (unpaired) electrons. The first-order valence-electron chi connectivity index (χ1n) is 6.95. The van der Waals surface area contributed by atoms with Crippen LogP contribution in [-0.4, -0.2) is 26.4 Å². The van der Waals surface area contributed by atoms with Crippen molar-refractivity contribution >= 4 is 34.3 Å². The zero-order valence-electron chi connectivity index (χ0n) is 12.3. The summed E-state index contributed by atoms with van der Waals surface area (Å²) in [7, 11) is 0. The molecule has 0 atom stereocenters. The summed E-state index contributed by atoms with van der Waals surface area (Å²) in [6, 6.07) is 9.16. The molecule has 1 aromatic carbocycles. The van der Waals surface area contributed by atoms with Crippen molar-refractivity contribution in [3.05, 3.63) is 36.4 Å². The molecular weight excluding hydrogens is 314 g/mol. The Labute approximate surface area is 136 Å². The third kappa shape index (κ3) is 3.05. The summed E-state index contributed by atoms with van der Waals surface area (Å²) in [6.07, 6.45) is 1.62. The standard InChI is InChI=1S/C15H13N5O2S/c1-2-20-9-17-19-15(20)23-8-13(21)18-14-10-5-3-4-6-11(10)22-12(14)7-16/h3-6,9H,2,8H2,1H3,(H,18,21). The fraction of sp³-hybridized carbons (Fsp3) is 0.200. The van der Waals surface area contributed by atoms with E-state index in [2.05, 4.69) is 15.5 Å². The van der Waals surface area contributed by atoms with E-state index in [-0.39, 0.29) is 17.4 Å². The molecule has 8 heteroatoms. The molecule has 23 heavy (non-hydrogen) atoms. The van der Waals surface area contributed by atoms with Crippen LogP contribution >= 0.6 is 11.8 Å². The molecule has 0 saturated carbocycles. The highest BCUT2D eigenvalue weighted by Crippen LogP contribution is 2.30. The highest BCUT2D eigenvalue weighted by Gasteiger charge is 2.16. The van der Waals surface area contributed by atoms with Gasteiger partial charge in [0.2, 0.25) is 11.7 Å². The summed E-state index contributed by atoms with van der Waals surface area (Å²) >= 11 is 1.29. The average molecular weight is 327 g/mol. The maximum Gasteiger partial charge on any atom is 0.234 e. The van der Waals surface area contributed by atoms with E-state index in [0.29, 0.717) is 21.8 Å². The van der Waals surface area contributed by atoms with E-state index in [1.807, 2.05) is 29.7 Å². The highest BCUT2D eigenvalue weighted by molar-refractivity contribution is 7.99. The predicted octanol–water partition coefficient (Wildman–Crippen LogP) is 2.65. The van der Waals surface area contributed by atoms with Gasteiger partial charge in [0.05, 0.1) is 5.75 Å². The minimum absolute atomic E-state index is 0.0984. The first-order chi connectivity index (χ1) is 11.2. The van der Waals surface area contributed by atoms with Gasteiger partial charge >= 0.3 is 0 Å². The Morgan fingerprint density at radius 2 is 2.30 bits per heavy atom. The quantitative estimate of drug-likeness (QED) is 0.724. The van der Waals surface area contributed by atoms with Crippen molar-refractivity contribution in [1.29, 1.82) is 5.26 Å². The van der Waals surface area contributed by atoms with Crippen molar-refractivity contribution in [3.63, 3.8) is 0 Å². The lowest BCUT2D eigenvalue weighted by Crippen LogP contribution is -2.15. The molecule has 0 aliphatic rings. The molecule has 2 heterocycles. The molecule has 1 amide bonds. The normalized spacial score (nSPS) is 10.6. The Morgan fingerprint density at radius 3 is 3.09 bits per heavy atom. The number of amides is 1. The molecule has 116 valence electrons. The van der Waals surface area contributed by atoms with Crippen molar-refractivity contribution in [3.8, 4) is 6.07 Å². The minimum atomic E-state index is -0.233. The third-order valence-corrected chi connectivity index (χ3v) is 4.20. The molecule has 0 aliphatic carbocycles. The van der Waals surface area contributed by atoms with Crippen LogP contribution in [0, 0.1) is 11.3 Å². The topological polar surface area (TPSA) is 96.7 Å². The van der Waals surface area contributed by atoms with Crippen LogP contribution in [-0.2, 0) is 11.3 Å². The molecule has 1 N–H and O–H groups in total. The summed E-state index contributed by atoms with van der Waals surface area (Å²) in [5.41, 5.74) is 0.975. The van der Waals surface area contributed by atoms with Crippen molar-refractivity contribution in [2.24, 2.45) is 0 Å². The van der Waals surface area contributed by atoms with Crippen LogP contribution in [0.25, 0.3) is 11.0 Å². The second-order valence-corrected chi connectivity index (χ2v) is 5.59. The zero-order valence-corrected chi connectivity index (χ0v) is 13.1. The van der Waals surface area contributed by atoms with Gasteiger partial charge in [-0.05, 0) is 19.1 Å². The van der Waals surface area contributed by atoms with E-state index in [9.17, 15) is 4.79 Å². The first kappa shape index (κ1) is 15.1. The number of benzene rings is 1. The number of thioether (sulfide) groups is 1. The minimum Gasteiger partial charge on any atom is -0.443 e. The number of nitrogens with zero attached hydrogens (tertiary/aromatic N) is 4. The van der Waals surface area contributed by atoms with Crippen LogP contribution in [0.15, 0.2) is 40.2 Å². The third-order valence-electron chi connectivity index (χ3n) is 3.21. The fourth-order valence-corrected chi connectivity index (χ4v) is 2.91. The Balaban J connectivity index is 1.74. The summed E-state index contributed by atoms with van der Waals surface area (Å²) in [6.45, 7) is 2.71. The van der Waals surface area contributed by atoms with Crippen LogP contribution in [0.5, 0.6) is 0 Å². The van der Waals surface area contributed by atoms with Gasteiger partial charge in [-0.1, -0.05) is 23.9 Å². The van der Waals surface area contributed by atoms with E-state index < -0.39 is 0 Å². The monoisotopic (exact) mass is 327 g/mol. The Morgan fingerprint density at radius 1 is 1.48 bits per heavy atom. The number of nitriles is 1. The van der Waals surface area contributed by atoms with Crippen LogP contribution in [0.4, 0.5) is 5.69 Å². The van der Waals surface area contributed by atoms with Gasteiger partial charge in [0.25, 0.3) is 0 Å². The van der Waals surface area contributed by atoms with Gasteiger partial charge in [-0.3, -0.25) is 4.79 Å². The summed E-state index contributed by atoms with van der Waals surface area (Å²) in [5, 5.41) is 21.1. The molecule has 0 fully saturated rings. The highest BCUT2D eigenvalue weighted by atomic mass is 32.2. The fourth-order valence-electron chi connectivity index (χ4n) is 2.13. The second-order valence-electron chi connectivity index (χ2n) is 4.65. The largest absolute Gasteiger partial charge is 0.443 e. The van der Waals surface area contributed by atoms with Crippen LogP contribution in [0.2, 0.25) is 0 Å². The van der Waals surface area contributed by atoms with Gasteiger partial charge in [-0.15, -0.1) is 10.2 Å². The smallest absolute Gasteiger partial charge is 0.234 e. The van der Waals surface area contributed by atoms with E-state index in [4.69, 9.17) is 9.68 Å². The molecule has 0 unspecified atom stereocenters. The number of nitrogens with one attached hydrogen (secondary N) is 1. The predicted molar refractivity (Wildman–Crippen MR) is 86.0 cm³/mol. The van der Waals surface area contributed by atoms with Gasteiger partial charge in [0.15, 0.2) is 5.16 Å². The Bertz CT molecular complexity index is 893. The number of rotatable bonds is 5. The Kier molecular flexibility index (Phi) is 4.30. The lowest BCUT2D eigenvalue weighted by atomic mass is 10.2. The Hall–Kier alpha value is -2.79. The molecule has 3 rings (SSSR count). The molecule has 0 aliphatic heterocycles. The van der Waals surface area contributed by atoms with Crippen LogP contribution in [0.1, 0.15) is 12.7 Å². The van der Waals surface area contributed by atoms with Gasteiger partial charge in [0, 0.05) is 11.9 Å². The second kappa shape index (κ2) is 6.54. The lowest BCUT2D eigenvalue weighted by Gasteiger charge is -2.04. The summed E-state index contributed by atoms with van der Waals surface area (Å²) < 4.78 is 7.28. The van der Waals surface area contributed by atoms with Crippen molar-refractivity contribution in [2.45, 2.75) is 18.6 Å². The maximum absolute atomic E-state index is 12.2. The number of para-hydroxylation sites is 1. The number of anilines is 1. The number of carbonyl (C=O) groups is 1. The maximum atomic E-state index is 12.2. The van der Waals surface area contributed by atoms with Gasteiger partial charge in [-0.2, -0.15) is 5.26 Å². The van der Waals surface area contributed by atoms with E-state index in [1.165, 1.54) is 11.8 Å². The molecule has 0 saturated heterocycles. The van der Waals surface area contributed by atoms with Crippen LogP contribution < -0.4 is 5.32 Å². The summed E-state index contributed by atoms with van der Waals surface area (Å²) in [5.74, 6) is 0.0354. The lowest BCUT2D eigenvalue weighted by molar-refractivity contribution is -0.113. The first-order valence-corrected chi connectivity index (χ1v) is 7.93. The molecule has 3 aromatic rings. The average Bonchev–Trinajstić information content (AvgIpc) is 3.17. The number of carbonyl (C=O) groups excluding carboxylic acids is 1. The number of aromatic nitrogens is 3. The number of fused-ring (bicyclic) bond motifs is 1. The van der Waals surface area contributed by atoms with Crippen molar-refractivity contribution in [2.75, 3.05) is 11.1 Å². The van der Waals surface area contributed by atoms with Crippen molar-refractivity contribution in [1.82, 2.24) is 14.8 Å². The number of aryl methyl sites for hydroxylation is 1. The van der Waals surface area contributed by atoms with E-state index in [0.717, 1.165) is 6.54 Å². The van der Waals surface area contributed by atoms with Gasteiger partial charge in [-0.25, -0.2) is 0 Å². The SMILES string of the molecule is CCn1cnnc1SCC(=O)Nc1c(C#N)oc2ccccc12. The van der Waals surface area contributed by atoms with E-state index >= 15 is 0 Å². The molecule has 7 nitrogen and oxygen atoms in total. The zero-order chi connectivity index (χ0) is 16.2. The number of hydrogen-bond donors (Lipinski definition) is 1. The molecular formula is C15H13N5O2S. The number of hydrogen-bond acceptors (Lipinski definition) is 6. The van der Waals surface area contributed by atoms with Crippen LogP contribution in [0.3, 0.4) is 0 Å². The van der Waals surface area contributed by atoms with Crippen molar-refractivity contribution < 1.29 is 9.21 Å². The van der Waals surface area contributed by atoms with Gasteiger partial charge < -0.3 is 14.3 Å². The molecule has 0 spiro atoms. The van der Waals surface area contributed by atoms with E-state index in [1.54, 1.807) is 18.5 Å². The van der Waals surface area contributed by atoms with Gasteiger partial charge in [0.1, 0.15) is 23.7 Å². The number of furan rings is 1. The molecule has 0 bridgehead atoms. The summed E-state index contributed by atoms with van der Waals surface area (Å²) in [4.78, 5) is 12.2.